The van der Waals surface area contributed by atoms with Crippen LogP contribution in [0.5, 0.6) is 5.75 Å². The third-order valence-corrected chi connectivity index (χ3v) is 8.54. The van der Waals surface area contributed by atoms with Crippen molar-refractivity contribution in [1.29, 1.82) is 0 Å². The van der Waals surface area contributed by atoms with Gasteiger partial charge in [0.25, 0.3) is 5.91 Å². The van der Waals surface area contributed by atoms with Crippen LogP contribution in [-0.2, 0) is 10.0 Å². The van der Waals surface area contributed by atoms with E-state index in [1.807, 2.05) is 22.6 Å². The summed E-state index contributed by atoms with van der Waals surface area (Å²) in [5.74, 6) is -2.48. The number of amides is 1. The maximum Gasteiger partial charge on any atom is 0.254 e. The number of rotatable bonds is 7. The molecule has 2 aromatic carbocycles. The fourth-order valence-corrected chi connectivity index (χ4v) is 5.63. The molecule has 0 aliphatic heterocycles. The number of carbonyl (C=O) groups is 1. The Bertz CT molecular complexity index is 1170. The molecule has 12 heteroatoms. The average Bonchev–Trinajstić information content (AvgIpc) is 2.69. The molecule has 3 rings (SSSR count). The first-order valence-corrected chi connectivity index (χ1v) is 12.7. The van der Waals surface area contributed by atoms with Gasteiger partial charge in [0, 0.05) is 36.6 Å². The van der Waals surface area contributed by atoms with Crippen LogP contribution in [-0.4, -0.2) is 43.7 Å². The van der Waals surface area contributed by atoms with E-state index in [1.165, 1.54) is 30.5 Å². The van der Waals surface area contributed by atoms with Crippen molar-refractivity contribution >= 4 is 49.9 Å². The van der Waals surface area contributed by atoms with Crippen molar-refractivity contribution < 1.29 is 26.7 Å². The number of sulfonamides is 1. The molecule has 180 valence electrons. The Morgan fingerprint density at radius 2 is 1.82 bits per heavy atom. The first-order valence-electron chi connectivity index (χ1n) is 10.1. The highest BCUT2D eigenvalue weighted by Gasteiger charge is 2.40. The van der Waals surface area contributed by atoms with Crippen LogP contribution in [0.2, 0.25) is 0 Å². The molecule has 8 nitrogen and oxygen atoms in total. The van der Waals surface area contributed by atoms with E-state index < -0.39 is 38.5 Å². The predicted octanol–water partition coefficient (Wildman–Crippen LogP) is 3.28. The van der Waals surface area contributed by atoms with Crippen molar-refractivity contribution in [1.82, 2.24) is 4.31 Å². The van der Waals surface area contributed by atoms with Crippen molar-refractivity contribution in [2.24, 2.45) is 11.5 Å². The number of nitrogens with zero attached hydrogens (tertiary/aromatic N) is 1. The van der Waals surface area contributed by atoms with Gasteiger partial charge in [-0.15, -0.1) is 0 Å². The Morgan fingerprint density at radius 3 is 2.36 bits per heavy atom. The monoisotopic (exact) mass is 594 g/mol. The van der Waals surface area contributed by atoms with Crippen molar-refractivity contribution in [3.05, 3.63) is 51.1 Å². The normalized spacial score (nSPS) is 21.1. The highest BCUT2D eigenvalue weighted by molar-refractivity contribution is 14.1. The topological polar surface area (TPSA) is 128 Å². The molecule has 0 heterocycles. The molecule has 0 radical (unpaired) electrons. The van der Waals surface area contributed by atoms with Gasteiger partial charge in [0.1, 0.15) is 22.9 Å². The summed E-state index contributed by atoms with van der Waals surface area (Å²) < 4.78 is 61.2. The fraction of sp³-hybridized carbons (Fsp3) is 0.381. The summed E-state index contributed by atoms with van der Waals surface area (Å²) in [5.41, 5.74) is 10.3. The summed E-state index contributed by atoms with van der Waals surface area (Å²) >= 11 is 1.95. The van der Waals surface area contributed by atoms with Crippen molar-refractivity contribution in [2.75, 3.05) is 19.4 Å². The molecular formula is C21H25F2IN4O4S. The minimum atomic E-state index is -3.46. The Hall–Kier alpha value is -2.03. The smallest absolute Gasteiger partial charge is 0.254 e. The van der Waals surface area contributed by atoms with Gasteiger partial charge in [-0.1, -0.05) is 0 Å². The largest absolute Gasteiger partial charge is 0.472 e. The highest BCUT2D eigenvalue weighted by Crippen LogP contribution is 2.37. The Morgan fingerprint density at radius 1 is 1.18 bits per heavy atom. The third-order valence-electron chi connectivity index (χ3n) is 5.54. The Labute approximate surface area is 204 Å². The van der Waals surface area contributed by atoms with Crippen LogP contribution in [0.15, 0.2) is 30.3 Å². The number of carbonyl (C=O) groups excluding carboxylic acids is 1. The molecular weight excluding hydrogens is 569 g/mol. The second-order valence-corrected chi connectivity index (χ2v) is 11.8. The Balaban J connectivity index is 1.90. The fourth-order valence-electron chi connectivity index (χ4n) is 3.75. The van der Waals surface area contributed by atoms with Crippen LogP contribution in [0.25, 0.3) is 0 Å². The molecule has 1 amide bonds. The molecule has 1 aliphatic rings. The van der Waals surface area contributed by atoms with Crippen LogP contribution in [0, 0.1) is 15.2 Å². The van der Waals surface area contributed by atoms with Gasteiger partial charge >= 0.3 is 0 Å². The lowest BCUT2D eigenvalue weighted by Gasteiger charge is -2.38. The lowest BCUT2D eigenvalue weighted by atomic mass is 9.91. The van der Waals surface area contributed by atoms with E-state index in [0.717, 1.165) is 12.1 Å². The van der Waals surface area contributed by atoms with Crippen LogP contribution in [0.3, 0.4) is 0 Å². The zero-order valence-corrected chi connectivity index (χ0v) is 21.0. The highest BCUT2D eigenvalue weighted by atomic mass is 127. The molecule has 0 unspecified atom stereocenters. The van der Waals surface area contributed by atoms with Crippen molar-refractivity contribution in [3.8, 4) is 5.75 Å². The predicted molar refractivity (Wildman–Crippen MR) is 130 cm³/mol. The molecule has 0 saturated heterocycles. The summed E-state index contributed by atoms with van der Waals surface area (Å²) in [6.07, 6.45) is 0.788. The lowest BCUT2D eigenvalue weighted by Crippen LogP contribution is -2.51. The van der Waals surface area contributed by atoms with Gasteiger partial charge in [-0.3, -0.25) is 10.5 Å². The number of ether oxygens (including phenoxy) is 1. The maximum absolute atomic E-state index is 14.4. The number of hydrogen-bond donors (Lipinski definition) is 3. The third kappa shape index (κ3) is 5.73. The molecule has 1 fully saturated rings. The SMILES string of the molecule is CN(C)S(=O)(=O)C1CCC(N)(Oc2cc(F)cc(Nc3ccc(I)cc3F)c2C(N)=O)CC1. The van der Waals surface area contributed by atoms with Crippen molar-refractivity contribution in [3.63, 3.8) is 0 Å². The second kappa shape index (κ2) is 9.68. The molecule has 1 saturated carbocycles. The number of nitrogens with two attached hydrogens (primary N) is 2. The molecule has 33 heavy (non-hydrogen) atoms. The number of nitrogens with one attached hydrogen (secondary N) is 1. The summed E-state index contributed by atoms with van der Waals surface area (Å²) in [6, 6.07) is 6.35. The van der Waals surface area contributed by atoms with Crippen LogP contribution >= 0.6 is 22.6 Å². The van der Waals surface area contributed by atoms with E-state index in [2.05, 4.69) is 5.32 Å². The number of primary amides is 1. The molecule has 0 bridgehead atoms. The van der Waals surface area contributed by atoms with E-state index in [4.69, 9.17) is 16.2 Å². The number of anilines is 2. The number of benzene rings is 2. The van der Waals surface area contributed by atoms with E-state index in [0.29, 0.717) is 3.57 Å². The molecule has 5 N–H and O–H groups in total. The summed E-state index contributed by atoms with van der Waals surface area (Å²) in [7, 11) is -0.527. The number of halogens is 3. The second-order valence-electron chi connectivity index (χ2n) is 8.13. The van der Waals surface area contributed by atoms with Crippen LogP contribution in [0.4, 0.5) is 20.2 Å². The lowest BCUT2D eigenvalue weighted by molar-refractivity contribution is 0.0360. The molecule has 0 spiro atoms. The van der Waals surface area contributed by atoms with Crippen molar-refractivity contribution in [2.45, 2.75) is 36.7 Å². The standard InChI is InChI=1S/C21H25F2IN4O4S/c1-28(2)33(30,31)14-5-7-21(26,8-6-14)32-18-10-12(22)9-17(19(18)20(25)29)27-16-4-3-13(24)11-15(16)23/h3-4,9-11,14,27H,5-8,26H2,1-2H3,(H2,25,29). The van der Waals surface area contributed by atoms with Gasteiger partial charge in [-0.05, 0) is 59.7 Å². The van der Waals surface area contributed by atoms with Gasteiger partial charge in [0.05, 0.1) is 16.6 Å². The molecule has 0 atom stereocenters. The molecule has 1 aliphatic carbocycles. The van der Waals surface area contributed by atoms with Crippen LogP contribution < -0.4 is 21.5 Å². The molecule has 2 aromatic rings. The quantitative estimate of drug-likeness (QED) is 0.334. The van der Waals surface area contributed by atoms with Gasteiger partial charge in [0.2, 0.25) is 10.0 Å². The van der Waals surface area contributed by atoms with E-state index >= 15 is 0 Å². The van der Waals surface area contributed by atoms with Crippen LogP contribution in [0.1, 0.15) is 36.0 Å². The Kier molecular flexibility index (Phi) is 7.51. The minimum Gasteiger partial charge on any atom is -0.472 e. The summed E-state index contributed by atoms with van der Waals surface area (Å²) in [6.45, 7) is 0. The molecule has 0 aromatic heterocycles. The minimum absolute atomic E-state index is 0.0197. The van der Waals surface area contributed by atoms with Gasteiger partial charge in [-0.2, -0.15) is 0 Å². The zero-order valence-electron chi connectivity index (χ0n) is 18.1. The van der Waals surface area contributed by atoms with E-state index in [1.54, 1.807) is 6.07 Å². The summed E-state index contributed by atoms with van der Waals surface area (Å²) in [4.78, 5) is 12.2. The van der Waals surface area contributed by atoms with Gasteiger partial charge in [0.15, 0.2) is 5.72 Å². The van der Waals surface area contributed by atoms with E-state index in [-0.39, 0.29) is 48.4 Å². The summed E-state index contributed by atoms with van der Waals surface area (Å²) in [5, 5.41) is 2.08. The van der Waals surface area contributed by atoms with Gasteiger partial charge < -0.3 is 15.8 Å². The number of hydrogen-bond acceptors (Lipinski definition) is 6. The average molecular weight is 594 g/mol. The van der Waals surface area contributed by atoms with E-state index in [9.17, 15) is 22.0 Å². The first kappa shape index (κ1) is 25.6. The zero-order chi connectivity index (χ0) is 24.6. The maximum atomic E-state index is 14.4. The van der Waals surface area contributed by atoms with Gasteiger partial charge in [-0.25, -0.2) is 21.5 Å². The first-order chi connectivity index (χ1) is 15.3.